The maximum absolute atomic E-state index is 13.2. The van der Waals surface area contributed by atoms with E-state index in [4.69, 9.17) is 5.11 Å². The van der Waals surface area contributed by atoms with E-state index in [0.717, 1.165) is 25.9 Å². The van der Waals surface area contributed by atoms with Crippen molar-refractivity contribution in [2.24, 2.45) is 0 Å². The number of halogens is 1. The van der Waals surface area contributed by atoms with Gasteiger partial charge in [-0.3, -0.25) is 4.79 Å². The molecule has 19 heavy (non-hydrogen) atoms. The Kier molecular flexibility index (Phi) is 4.37. The first-order chi connectivity index (χ1) is 9.10. The summed E-state index contributed by atoms with van der Waals surface area (Å²) >= 11 is 0. The molecular formula is C14H19FN2O2. The van der Waals surface area contributed by atoms with Crippen molar-refractivity contribution in [1.82, 2.24) is 10.2 Å². The molecule has 1 aromatic rings. The number of aromatic hydroxyl groups is 1. The van der Waals surface area contributed by atoms with Gasteiger partial charge in [0.15, 0.2) is 11.6 Å². The summed E-state index contributed by atoms with van der Waals surface area (Å²) in [4.78, 5) is 13.9. The highest BCUT2D eigenvalue weighted by atomic mass is 19.1. The summed E-state index contributed by atoms with van der Waals surface area (Å²) in [5, 5.41) is 12.3. The number of phenolic OH excluding ortho intramolecular Hbond substituents is 1. The Morgan fingerprint density at radius 2 is 2.16 bits per heavy atom. The molecule has 1 saturated heterocycles. The number of amides is 1. The van der Waals surface area contributed by atoms with Crippen molar-refractivity contribution in [3.05, 3.63) is 29.6 Å². The molecule has 0 unspecified atom stereocenters. The highest BCUT2D eigenvalue weighted by Crippen LogP contribution is 2.18. The van der Waals surface area contributed by atoms with Crippen LogP contribution in [0.4, 0.5) is 4.39 Å². The predicted molar refractivity (Wildman–Crippen MR) is 70.4 cm³/mol. The SMILES string of the molecule is CNC1CCN(C(=O)Cc2ccc(O)c(F)c2)CC1. The van der Waals surface area contributed by atoms with Gasteiger partial charge in [0.05, 0.1) is 6.42 Å². The topological polar surface area (TPSA) is 52.6 Å². The lowest BCUT2D eigenvalue weighted by Crippen LogP contribution is -2.44. The maximum Gasteiger partial charge on any atom is 0.226 e. The third kappa shape index (κ3) is 3.44. The zero-order chi connectivity index (χ0) is 13.8. The fourth-order valence-corrected chi connectivity index (χ4v) is 2.36. The second kappa shape index (κ2) is 6.02. The van der Waals surface area contributed by atoms with Gasteiger partial charge in [0.25, 0.3) is 0 Å². The fourth-order valence-electron chi connectivity index (χ4n) is 2.36. The molecule has 104 valence electrons. The Balaban J connectivity index is 1.92. The smallest absolute Gasteiger partial charge is 0.226 e. The fraction of sp³-hybridized carbons (Fsp3) is 0.500. The van der Waals surface area contributed by atoms with Crippen molar-refractivity contribution in [2.45, 2.75) is 25.3 Å². The van der Waals surface area contributed by atoms with Crippen LogP contribution in [0.25, 0.3) is 0 Å². The van der Waals surface area contributed by atoms with Crippen LogP contribution < -0.4 is 5.32 Å². The van der Waals surface area contributed by atoms with E-state index < -0.39 is 5.82 Å². The van der Waals surface area contributed by atoms with Gasteiger partial charge in [-0.05, 0) is 37.6 Å². The Morgan fingerprint density at radius 3 is 2.74 bits per heavy atom. The first-order valence-electron chi connectivity index (χ1n) is 6.52. The van der Waals surface area contributed by atoms with E-state index in [1.807, 2.05) is 11.9 Å². The first kappa shape index (κ1) is 13.8. The molecule has 1 fully saturated rings. The van der Waals surface area contributed by atoms with Gasteiger partial charge in [0.1, 0.15) is 0 Å². The lowest BCUT2D eigenvalue weighted by atomic mass is 10.0. The molecule has 1 heterocycles. The van der Waals surface area contributed by atoms with E-state index in [9.17, 15) is 9.18 Å². The lowest BCUT2D eigenvalue weighted by Gasteiger charge is -2.31. The summed E-state index contributed by atoms with van der Waals surface area (Å²) in [5.74, 6) is -1.05. The van der Waals surface area contributed by atoms with E-state index in [1.165, 1.54) is 12.1 Å². The predicted octanol–water partition coefficient (Wildman–Crippen LogP) is 1.28. The molecule has 4 nitrogen and oxygen atoms in total. The molecule has 0 radical (unpaired) electrons. The molecule has 1 aromatic carbocycles. The van der Waals surface area contributed by atoms with Crippen LogP contribution in [0.5, 0.6) is 5.75 Å². The number of carbonyl (C=O) groups excluding carboxylic acids is 1. The molecule has 2 N–H and O–H groups in total. The Labute approximate surface area is 112 Å². The minimum absolute atomic E-state index is 0.0136. The lowest BCUT2D eigenvalue weighted by molar-refractivity contribution is -0.131. The molecular weight excluding hydrogens is 247 g/mol. The third-order valence-corrected chi connectivity index (χ3v) is 3.62. The summed E-state index contributed by atoms with van der Waals surface area (Å²) < 4.78 is 13.2. The van der Waals surface area contributed by atoms with Crippen LogP contribution in [0.2, 0.25) is 0 Å². The number of rotatable bonds is 3. The van der Waals surface area contributed by atoms with Crippen molar-refractivity contribution in [1.29, 1.82) is 0 Å². The first-order valence-corrected chi connectivity index (χ1v) is 6.52. The largest absolute Gasteiger partial charge is 0.505 e. The van der Waals surface area contributed by atoms with Crippen LogP contribution >= 0.6 is 0 Å². The van der Waals surface area contributed by atoms with Crippen LogP contribution in [0.1, 0.15) is 18.4 Å². The standard InChI is InChI=1S/C14H19FN2O2/c1-16-11-4-6-17(7-5-11)14(19)9-10-2-3-13(18)12(15)8-10/h2-3,8,11,16,18H,4-7,9H2,1H3. The van der Waals surface area contributed by atoms with E-state index in [0.29, 0.717) is 11.6 Å². The van der Waals surface area contributed by atoms with Crippen molar-refractivity contribution < 1.29 is 14.3 Å². The Bertz CT molecular complexity index is 457. The molecule has 2 rings (SSSR count). The average Bonchev–Trinajstić information content (AvgIpc) is 2.43. The summed E-state index contributed by atoms with van der Waals surface area (Å²) in [6.45, 7) is 1.48. The second-order valence-corrected chi connectivity index (χ2v) is 4.91. The molecule has 0 bridgehead atoms. The van der Waals surface area contributed by atoms with Gasteiger partial charge in [-0.1, -0.05) is 6.07 Å². The van der Waals surface area contributed by atoms with Gasteiger partial charge in [-0.25, -0.2) is 4.39 Å². The van der Waals surface area contributed by atoms with Crippen molar-refractivity contribution in [2.75, 3.05) is 20.1 Å². The number of likely N-dealkylation sites (tertiary alicyclic amines) is 1. The molecule has 1 aliphatic rings. The van der Waals surface area contributed by atoms with E-state index in [1.54, 1.807) is 6.07 Å². The number of nitrogens with one attached hydrogen (secondary N) is 1. The monoisotopic (exact) mass is 266 g/mol. The highest BCUT2D eigenvalue weighted by Gasteiger charge is 2.21. The van der Waals surface area contributed by atoms with Crippen molar-refractivity contribution in [3.63, 3.8) is 0 Å². The van der Waals surface area contributed by atoms with E-state index in [-0.39, 0.29) is 18.1 Å². The number of hydrogen-bond acceptors (Lipinski definition) is 3. The maximum atomic E-state index is 13.2. The summed E-state index contributed by atoms with van der Waals surface area (Å²) in [6, 6.07) is 4.56. The quantitative estimate of drug-likeness (QED) is 0.866. The van der Waals surface area contributed by atoms with Gasteiger partial charge in [-0.15, -0.1) is 0 Å². The van der Waals surface area contributed by atoms with E-state index >= 15 is 0 Å². The number of carbonyl (C=O) groups is 1. The average molecular weight is 266 g/mol. The Morgan fingerprint density at radius 1 is 1.47 bits per heavy atom. The molecule has 0 aromatic heterocycles. The molecule has 5 heteroatoms. The summed E-state index contributed by atoms with van der Waals surface area (Å²) in [7, 11) is 1.93. The normalized spacial score (nSPS) is 16.6. The zero-order valence-corrected chi connectivity index (χ0v) is 11.0. The van der Waals surface area contributed by atoms with Crippen LogP contribution in [0, 0.1) is 5.82 Å². The van der Waals surface area contributed by atoms with Crippen molar-refractivity contribution >= 4 is 5.91 Å². The minimum atomic E-state index is -0.681. The van der Waals surface area contributed by atoms with Crippen LogP contribution in [-0.4, -0.2) is 42.1 Å². The van der Waals surface area contributed by atoms with Gasteiger partial charge in [-0.2, -0.15) is 0 Å². The molecule has 0 atom stereocenters. The number of benzene rings is 1. The summed E-state index contributed by atoms with van der Waals surface area (Å²) in [5.41, 5.74) is 0.594. The van der Waals surface area contributed by atoms with Gasteiger partial charge in [0.2, 0.25) is 5.91 Å². The number of phenols is 1. The summed E-state index contributed by atoms with van der Waals surface area (Å²) in [6.07, 6.45) is 2.08. The number of hydrogen-bond donors (Lipinski definition) is 2. The van der Waals surface area contributed by atoms with Crippen LogP contribution in [-0.2, 0) is 11.2 Å². The molecule has 0 spiro atoms. The molecule has 1 aliphatic heterocycles. The van der Waals surface area contributed by atoms with Crippen molar-refractivity contribution in [3.8, 4) is 5.75 Å². The van der Waals surface area contributed by atoms with Crippen LogP contribution in [0.15, 0.2) is 18.2 Å². The number of nitrogens with zero attached hydrogens (tertiary/aromatic N) is 1. The second-order valence-electron chi connectivity index (χ2n) is 4.91. The van der Waals surface area contributed by atoms with Gasteiger partial charge >= 0.3 is 0 Å². The Hall–Kier alpha value is -1.62. The third-order valence-electron chi connectivity index (χ3n) is 3.62. The number of piperidine rings is 1. The zero-order valence-electron chi connectivity index (χ0n) is 11.0. The minimum Gasteiger partial charge on any atom is -0.505 e. The highest BCUT2D eigenvalue weighted by molar-refractivity contribution is 5.78. The van der Waals surface area contributed by atoms with E-state index in [2.05, 4.69) is 5.32 Å². The van der Waals surface area contributed by atoms with Crippen LogP contribution in [0.3, 0.4) is 0 Å². The molecule has 0 aliphatic carbocycles. The molecule has 0 saturated carbocycles. The molecule has 1 amide bonds. The van der Waals surface area contributed by atoms with Gasteiger partial charge < -0.3 is 15.3 Å². The van der Waals surface area contributed by atoms with Gasteiger partial charge in [0, 0.05) is 19.1 Å².